The molecule has 1 rings (SSSR count). The highest BCUT2D eigenvalue weighted by Gasteiger charge is 2.16. The zero-order valence-electron chi connectivity index (χ0n) is 10.6. The zero-order valence-corrected chi connectivity index (χ0v) is 12.2. The number of nitrogens with zero attached hydrogens (tertiary/aromatic N) is 1. The lowest BCUT2D eigenvalue weighted by atomic mass is 10.2. The Hall–Kier alpha value is -1.34. The fourth-order valence-electron chi connectivity index (χ4n) is 1.57. The smallest absolute Gasteiger partial charge is 0.289 e. The number of rotatable bonds is 6. The predicted octanol–water partition coefficient (Wildman–Crippen LogP) is 2.48. The monoisotopic (exact) mass is 306 g/mol. The number of hydrogen-bond acceptors (Lipinski definition) is 5. The van der Waals surface area contributed by atoms with Crippen molar-refractivity contribution in [1.29, 1.82) is 0 Å². The van der Waals surface area contributed by atoms with E-state index in [2.05, 4.69) is 5.32 Å². The van der Waals surface area contributed by atoms with E-state index in [1.165, 1.54) is 12.1 Å². The van der Waals surface area contributed by atoms with Gasteiger partial charge in [0.1, 0.15) is 5.02 Å². The van der Waals surface area contributed by atoms with Gasteiger partial charge in [0, 0.05) is 23.5 Å². The Balaban J connectivity index is 2.83. The lowest BCUT2D eigenvalue weighted by molar-refractivity contribution is -0.384. The van der Waals surface area contributed by atoms with Gasteiger partial charge in [-0.15, -0.1) is 0 Å². The molecule has 0 radical (unpaired) electrons. The van der Waals surface area contributed by atoms with E-state index in [0.717, 1.165) is 0 Å². The van der Waals surface area contributed by atoms with E-state index in [9.17, 15) is 18.5 Å². The van der Waals surface area contributed by atoms with Crippen molar-refractivity contribution in [2.45, 2.75) is 19.9 Å². The van der Waals surface area contributed by atoms with E-state index in [-0.39, 0.29) is 28.3 Å². The molecule has 0 amide bonds. The van der Waals surface area contributed by atoms with Gasteiger partial charge in [0.15, 0.2) is 9.84 Å². The third-order valence-corrected chi connectivity index (χ3v) is 4.71. The summed E-state index contributed by atoms with van der Waals surface area (Å²) in [5.74, 6) is 0.0414. The SMILES string of the molecule is CCS(=O)(=O)CC(C)Nc1ccc(Cl)c([N+](=O)[O-])c1. The molecule has 1 unspecified atom stereocenters. The standard InChI is InChI=1S/C11H15ClN2O4S/c1-3-19(17,18)7-8(2)13-9-4-5-10(12)11(6-9)14(15)16/h4-6,8,13H,3,7H2,1-2H3. The van der Waals surface area contributed by atoms with Crippen LogP contribution in [0.3, 0.4) is 0 Å². The number of nitro benzene ring substituents is 1. The van der Waals surface area contributed by atoms with Gasteiger partial charge in [-0.3, -0.25) is 10.1 Å². The highest BCUT2D eigenvalue weighted by molar-refractivity contribution is 7.91. The maximum absolute atomic E-state index is 11.5. The van der Waals surface area contributed by atoms with Gasteiger partial charge in [0.2, 0.25) is 0 Å². The molecule has 0 heterocycles. The van der Waals surface area contributed by atoms with Crippen molar-refractivity contribution in [3.63, 3.8) is 0 Å². The summed E-state index contributed by atoms with van der Waals surface area (Å²) in [7, 11) is -3.10. The van der Waals surface area contributed by atoms with Crippen molar-refractivity contribution in [3.8, 4) is 0 Å². The Morgan fingerprint density at radius 2 is 2.11 bits per heavy atom. The zero-order chi connectivity index (χ0) is 14.6. The normalized spacial score (nSPS) is 13.0. The van der Waals surface area contributed by atoms with Crippen LogP contribution in [0.1, 0.15) is 13.8 Å². The number of sulfone groups is 1. The third kappa shape index (κ3) is 4.68. The van der Waals surface area contributed by atoms with E-state index in [1.807, 2.05) is 0 Å². The predicted molar refractivity (Wildman–Crippen MR) is 75.5 cm³/mol. The van der Waals surface area contributed by atoms with Gasteiger partial charge in [-0.1, -0.05) is 18.5 Å². The van der Waals surface area contributed by atoms with Crippen molar-refractivity contribution < 1.29 is 13.3 Å². The summed E-state index contributed by atoms with van der Waals surface area (Å²) in [6.45, 7) is 3.28. The molecule has 1 N–H and O–H groups in total. The first-order valence-corrected chi connectivity index (χ1v) is 7.86. The molecule has 0 spiro atoms. The van der Waals surface area contributed by atoms with Gasteiger partial charge in [-0.05, 0) is 19.1 Å². The van der Waals surface area contributed by atoms with Crippen LogP contribution >= 0.6 is 11.6 Å². The molecule has 0 aromatic heterocycles. The minimum atomic E-state index is -3.10. The minimum absolute atomic E-state index is 0.0279. The summed E-state index contributed by atoms with van der Waals surface area (Å²) in [5, 5.41) is 13.7. The second kappa shape index (κ2) is 6.21. The van der Waals surface area contributed by atoms with E-state index >= 15 is 0 Å². The van der Waals surface area contributed by atoms with Crippen molar-refractivity contribution in [2.24, 2.45) is 0 Å². The summed E-state index contributed by atoms with van der Waals surface area (Å²) >= 11 is 5.69. The third-order valence-electron chi connectivity index (χ3n) is 2.50. The van der Waals surface area contributed by atoms with Crippen LogP contribution in [-0.2, 0) is 9.84 Å². The molecule has 1 aromatic rings. The molecule has 6 nitrogen and oxygen atoms in total. The van der Waals surface area contributed by atoms with Crippen LogP contribution in [0.25, 0.3) is 0 Å². The molecule has 0 aliphatic rings. The average molecular weight is 307 g/mol. The number of anilines is 1. The average Bonchev–Trinajstić information content (AvgIpc) is 2.30. The molecule has 0 saturated heterocycles. The molecule has 0 aliphatic heterocycles. The topological polar surface area (TPSA) is 89.3 Å². The Morgan fingerprint density at radius 1 is 1.47 bits per heavy atom. The van der Waals surface area contributed by atoms with Gasteiger partial charge in [-0.2, -0.15) is 0 Å². The Morgan fingerprint density at radius 3 is 2.63 bits per heavy atom. The molecule has 0 saturated carbocycles. The van der Waals surface area contributed by atoms with Crippen LogP contribution in [-0.4, -0.2) is 30.9 Å². The number of benzene rings is 1. The van der Waals surface area contributed by atoms with Crippen LogP contribution in [0.2, 0.25) is 5.02 Å². The summed E-state index contributed by atoms with van der Waals surface area (Å²) in [5.41, 5.74) is 0.257. The maximum Gasteiger partial charge on any atom is 0.289 e. The maximum atomic E-state index is 11.5. The first-order valence-electron chi connectivity index (χ1n) is 5.66. The molecule has 8 heteroatoms. The first kappa shape index (κ1) is 15.7. The van der Waals surface area contributed by atoms with Gasteiger partial charge in [-0.25, -0.2) is 8.42 Å². The minimum Gasteiger partial charge on any atom is -0.381 e. The van der Waals surface area contributed by atoms with E-state index in [0.29, 0.717) is 5.69 Å². The van der Waals surface area contributed by atoms with Crippen molar-refractivity contribution in [2.75, 3.05) is 16.8 Å². The largest absolute Gasteiger partial charge is 0.381 e. The molecule has 106 valence electrons. The quantitative estimate of drug-likeness (QED) is 0.644. The highest BCUT2D eigenvalue weighted by atomic mass is 35.5. The number of nitro groups is 1. The molecular weight excluding hydrogens is 292 g/mol. The van der Waals surface area contributed by atoms with E-state index in [1.54, 1.807) is 19.9 Å². The Labute approximate surface area is 116 Å². The second-order valence-electron chi connectivity index (χ2n) is 4.17. The Bertz CT molecular complexity index is 574. The van der Waals surface area contributed by atoms with E-state index in [4.69, 9.17) is 11.6 Å². The number of hydrogen-bond donors (Lipinski definition) is 1. The van der Waals surface area contributed by atoms with Gasteiger partial charge >= 0.3 is 0 Å². The van der Waals surface area contributed by atoms with Crippen molar-refractivity contribution in [1.82, 2.24) is 0 Å². The summed E-state index contributed by atoms with van der Waals surface area (Å²) in [6, 6.07) is 3.93. The van der Waals surface area contributed by atoms with Gasteiger partial charge in [0.25, 0.3) is 5.69 Å². The highest BCUT2D eigenvalue weighted by Crippen LogP contribution is 2.27. The van der Waals surface area contributed by atoms with Crippen LogP contribution in [0.5, 0.6) is 0 Å². The first-order chi connectivity index (χ1) is 8.75. The fourth-order valence-corrected chi connectivity index (χ4v) is 2.83. The summed E-state index contributed by atoms with van der Waals surface area (Å²) in [4.78, 5) is 10.1. The van der Waals surface area contributed by atoms with Crippen molar-refractivity contribution >= 4 is 32.8 Å². The lowest BCUT2D eigenvalue weighted by Crippen LogP contribution is -2.26. The molecule has 19 heavy (non-hydrogen) atoms. The lowest BCUT2D eigenvalue weighted by Gasteiger charge is -2.14. The molecule has 1 aromatic carbocycles. The summed E-state index contributed by atoms with van der Waals surface area (Å²) in [6.07, 6.45) is 0. The van der Waals surface area contributed by atoms with Crippen LogP contribution in [0.15, 0.2) is 18.2 Å². The van der Waals surface area contributed by atoms with Gasteiger partial charge in [0.05, 0.1) is 10.7 Å². The van der Waals surface area contributed by atoms with Crippen molar-refractivity contribution in [3.05, 3.63) is 33.3 Å². The van der Waals surface area contributed by atoms with Gasteiger partial charge < -0.3 is 5.32 Å². The van der Waals surface area contributed by atoms with Crippen LogP contribution in [0, 0.1) is 10.1 Å². The Kier molecular flexibility index (Phi) is 5.13. The summed E-state index contributed by atoms with van der Waals surface area (Å²) < 4.78 is 22.9. The molecule has 0 aliphatic carbocycles. The number of halogens is 1. The molecule has 0 fully saturated rings. The molecule has 0 bridgehead atoms. The van der Waals surface area contributed by atoms with E-state index < -0.39 is 14.8 Å². The van der Waals surface area contributed by atoms with Crippen LogP contribution < -0.4 is 5.32 Å². The fraction of sp³-hybridized carbons (Fsp3) is 0.455. The number of nitrogens with one attached hydrogen (secondary N) is 1. The second-order valence-corrected chi connectivity index (χ2v) is 6.97. The van der Waals surface area contributed by atoms with Crippen LogP contribution in [0.4, 0.5) is 11.4 Å². The molecule has 1 atom stereocenters. The molecular formula is C11H15ClN2O4S.